The zero-order valence-corrected chi connectivity index (χ0v) is 11.7. The Hall–Kier alpha value is -2.40. The van der Waals surface area contributed by atoms with Gasteiger partial charge in [-0.1, -0.05) is 30.3 Å². The van der Waals surface area contributed by atoms with Crippen molar-refractivity contribution in [3.05, 3.63) is 69.8 Å². The van der Waals surface area contributed by atoms with Crippen LogP contribution in [0.2, 0.25) is 0 Å². The van der Waals surface area contributed by atoms with Crippen LogP contribution in [0.4, 0.5) is 5.69 Å². The van der Waals surface area contributed by atoms with E-state index < -0.39 is 0 Å². The molecule has 2 atom stereocenters. The van der Waals surface area contributed by atoms with Crippen molar-refractivity contribution in [1.82, 2.24) is 5.32 Å². The van der Waals surface area contributed by atoms with Gasteiger partial charge in [-0.15, -0.1) is 0 Å². The number of fused-ring (bicyclic) bond motifs is 1. The average molecular weight is 284 g/mol. The number of non-ortho nitro benzene ring substituents is 1. The molecule has 108 valence electrons. The van der Waals surface area contributed by atoms with Crippen LogP contribution in [0.1, 0.15) is 30.1 Å². The van der Waals surface area contributed by atoms with Crippen molar-refractivity contribution >= 4 is 5.69 Å². The maximum atomic E-state index is 10.7. The van der Waals surface area contributed by atoms with Crippen LogP contribution in [-0.4, -0.2) is 11.5 Å². The van der Waals surface area contributed by atoms with E-state index in [0.29, 0.717) is 6.61 Å². The lowest BCUT2D eigenvalue weighted by Crippen LogP contribution is -2.25. The lowest BCUT2D eigenvalue weighted by atomic mass is 10.0. The molecule has 0 bridgehead atoms. The van der Waals surface area contributed by atoms with Gasteiger partial charge >= 0.3 is 0 Å². The third-order valence-corrected chi connectivity index (χ3v) is 3.76. The summed E-state index contributed by atoms with van der Waals surface area (Å²) in [5.74, 6) is 0.922. The van der Waals surface area contributed by atoms with E-state index in [2.05, 4.69) is 11.4 Å². The molecule has 0 saturated carbocycles. The molecular formula is C16H16N2O3. The standard InChI is InChI=1S/C16H16N2O3/c1-11(12-6-8-13(9-7-12)18(19)20)17-15-10-21-16-5-3-2-4-14(15)16/h2-9,11,15,17H,10H2,1H3. The van der Waals surface area contributed by atoms with Gasteiger partial charge in [-0.3, -0.25) is 10.1 Å². The van der Waals surface area contributed by atoms with Crippen LogP contribution < -0.4 is 10.1 Å². The van der Waals surface area contributed by atoms with Crippen LogP contribution in [-0.2, 0) is 0 Å². The number of rotatable bonds is 4. The number of benzene rings is 2. The van der Waals surface area contributed by atoms with Gasteiger partial charge < -0.3 is 10.1 Å². The van der Waals surface area contributed by atoms with Gasteiger partial charge in [0.1, 0.15) is 12.4 Å². The molecule has 0 saturated heterocycles. The molecule has 1 heterocycles. The zero-order chi connectivity index (χ0) is 14.8. The van der Waals surface area contributed by atoms with Crippen LogP contribution in [0.15, 0.2) is 48.5 Å². The number of hydrogen-bond acceptors (Lipinski definition) is 4. The van der Waals surface area contributed by atoms with Gasteiger partial charge in [0.2, 0.25) is 0 Å². The fourth-order valence-electron chi connectivity index (χ4n) is 2.58. The first-order chi connectivity index (χ1) is 10.1. The van der Waals surface area contributed by atoms with Crippen molar-refractivity contribution < 1.29 is 9.66 Å². The van der Waals surface area contributed by atoms with E-state index in [1.165, 1.54) is 12.1 Å². The van der Waals surface area contributed by atoms with Crippen LogP contribution in [0.5, 0.6) is 5.75 Å². The van der Waals surface area contributed by atoms with Crippen LogP contribution >= 0.6 is 0 Å². The monoisotopic (exact) mass is 284 g/mol. The molecule has 0 amide bonds. The normalized spacial score (nSPS) is 17.9. The van der Waals surface area contributed by atoms with Gasteiger partial charge in [0.15, 0.2) is 0 Å². The SMILES string of the molecule is CC(NC1COc2ccccc21)c1ccc([N+](=O)[O-])cc1. The van der Waals surface area contributed by atoms with Crippen LogP contribution in [0.25, 0.3) is 0 Å². The topological polar surface area (TPSA) is 64.4 Å². The van der Waals surface area contributed by atoms with Crippen molar-refractivity contribution in [3.63, 3.8) is 0 Å². The second-order valence-corrected chi connectivity index (χ2v) is 5.14. The number of nitrogens with one attached hydrogen (secondary N) is 1. The lowest BCUT2D eigenvalue weighted by molar-refractivity contribution is -0.384. The maximum Gasteiger partial charge on any atom is 0.269 e. The average Bonchev–Trinajstić information content (AvgIpc) is 2.91. The van der Waals surface area contributed by atoms with Crippen LogP contribution in [0, 0.1) is 10.1 Å². The van der Waals surface area contributed by atoms with Crippen molar-refractivity contribution in [1.29, 1.82) is 0 Å². The molecular weight excluding hydrogens is 268 g/mol. The Labute approximate surface area is 122 Å². The van der Waals surface area contributed by atoms with Gasteiger partial charge in [-0.25, -0.2) is 0 Å². The molecule has 0 spiro atoms. The van der Waals surface area contributed by atoms with Crippen molar-refractivity contribution in [2.75, 3.05) is 6.61 Å². The first-order valence-electron chi connectivity index (χ1n) is 6.87. The summed E-state index contributed by atoms with van der Waals surface area (Å²) in [6.45, 7) is 2.65. The van der Waals surface area contributed by atoms with E-state index in [1.807, 2.05) is 25.1 Å². The fourth-order valence-corrected chi connectivity index (χ4v) is 2.58. The Balaban J connectivity index is 1.72. The summed E-state index contributed by atoms with van der Waals surface area (Å²) in [4.78, 5) is 10.3. The highest BCUT2D eigenvalue weighted by molar-refractivity contribution is 5.40. The number of para-hydroxylation sites is 1. The van der Waals surface area contributed by atoms with Crippen molar-refractivity contribution in [3.8, 4) is 5.75 Å². The number of nitrogens with zero attached hydrogens (tertiary/aromatic N) is 1. The highest BCUT2D eigenvalue weighted by Gasteiger charge is 2.25. The van der Waals surface area contributed by atoms with Crippen molar-refractivity contribution in [2.24, 2.45) is 0 Å². The van der Waals surface area contributed by atoms with E-state index in [-0.39, 0.29) is 22.7 Å². The quantitative estimate of drug-likeness (QED) is 0.690. The van der Waals surface area contributed by atoms with Gasteiger partial charge in [0.05, 0.1) is 11.0 Å². The smallest absolute Gasteiger partial charge is 0.269 e. The molecule has 3 rings (SSSR count). The Morgan fingerprint density at radius 3 is 2.67 bits per heavy atom. The summed E-state index contributed by atoms with van der Waals surface area (Å²) in [5, 5.41) is 14.2. The molecule has 0 aromatic heterocycles. The minimum atomic E-state index is -0.386. The lowest BCUT2D eigenvalue weighted by Gasteiger charge is -2.19. The predicted molar refractivity (Wildman–Crippen MR) is 79.3 cm³/mol. The second-order valence-electron chi connectivity index (χ2n) is 5.14. The van der Waals surface area contributed by atoms with Crippen molar-refractivity contribution in [2.45, 2.75) is 19.0 Å². The Kier molecular flexibility index (Phi) is 3.58. The van der Waals surface area contributed by atoms with Crippen LogP contribution in [0.3, 0.4) is 0 Å². The Morgan fingerprint density at radius 1 is 1.24 bits per heavy atom. The summed E-state index contributed by atoms with van der Waals surface area (Å²) in [6, 6.07) is 14.9. The van der Waals surface area contributed by atoms with Gasteiger partial charge in [-0.05, 0) is 18.6 Å². The molecule has 1 aliphatic heterocycles. The summed E-state index contributed by atoms with van der Waals surface area (Å²) in [5.41, 5.74) is 2.29. The van der Waals surface area contributed by atoms with E-state index in [4.69, 9.17) is 4.74 Å². The first kappa shape index (κ1) is 13.6. The molecule has 0 aliphatic carbocycles. The molecule has 0 fully saturated rings. The molecule has 5 nitrogen and oxygen atoms in total. The summed E-state index contributed by atoms with van der Waals surface area (Å²) < 4.78 is 5.65. The Morgan fingerprint density at radius 2 is 1.95 bits per heavy atom. The number of nitro benzene ring substituents is 1. The largest absolute Gasteiger partial charge is 0.491 e. The minimum Gasteiger partial charge on any atom is -0.491 e. The first-order valence-corrected chi connectivity index (χ1v) is 6.87. The molecule has 1 aliphatic rings. The summed E-state index contributed by atoms with van der Waals surface area (Å²) in [6.07, 6.45) is 0. The second kappa shape index (κ2) is 5.54. The van der Waals surface area contributed by atoms with E-state index in [9.17, 15) is 10.1 Å². The van der Waals surface area contributed by atoms with Gasteiger partial charge in [-0.2, -0.15) is 0 Å². The molecule has 5 heteroatoms. The predicted octanol–water partition coefficient (Wildman–Crippen LogP) is 3.38. The highest BCUT2D eigenvalue weighted by atomic mass is 16.6. The third kappa shape index (κ3) is 2.73. The molecule has 0 radical (unpaired) electrons. The zero-order valence-electron chi connectivity index (χ0n) is 11.7. The van der Waals surface area contributed by atoms with E-state index >= 15 is 0 Å². The van der Waals surface area contributed by atoms with Gasteiger partial charge in [0.25, 0.3) is 5.69 Å². The molecule has 2 aromatic rings. The fraction of sp³-hybridized carbons (Fsp3) is 0.250. The summed E-state index contributed by atoms with van der Waals surface area (Å²) >= 11 is 0. The van der Waals surface area contributed by atoms with E-state index in [0.717, 1.165) is 16.9 Å². The minimum absolute atomic E-state index is 0.0885. The van der Waals surface area contributed by atoms with E-state index in [1.54, 1.807) is 12.1 Å². The molecule has 21 heavy (non-hydrogen) atoms. The maximum absolute atomic E-state index is 10.7. The molecule has 2 unspecified atom stereocenters. The van der Waals surface area contributed by atoms with Gasteiger partial charge in [0, 0.05) is 23.7 Å². The number of hydrogen-bond donors (Lipinski definition) is 1. The third-order valence-electron chi connectivity index (χ3n) is 3.76. The Bertz CT molecular complexity index is 655. The summed E-state index contributed by atoms with van der Waals surface area (Å²) in [7, 11) is 0. The number of nitro groups is 1. The highest BCUT2D eigenvalue weighted by Crippen LogP contribution is 2.33. The molecule has 1 N–H and O–H groups in total. The molecule has 2 aromatic carbocycles. The number of ether oxygens (including phenoxy) is 1.